The Morgan fingerprint density at radius 3 is 2.67 bits per heavy atom. The molecule has 0 amide bonds. The van der Waals surface area contributed by atoms with Crippen LogP contribution in [-0.2, 0) is 16.6 Å². The van der Waals surface area contributed by atoms with Gasteiger partial charge in [-0.15, -0.1) is 11.3 Å². The lowest BCUT2D eigenvalue weighted by molar-refractivity contribution is 0.469. The van der Waals surface area contributed by atoms with Crippen LogP contribution in [0.3, 0.4) is 0 Å². The molecule has 0 atom stereocenters. The van der Waals surface area contributed by atoms with Crippen LogP contribution >= 0.6 is 11.3 Å². The van der Waals surface area contributed by atoms with Gasteiger partial charge in [-0.2, -0.15) is 9.57 Å². The number of aryl methyl sites for hydroxylation is 1. The van der Waals surface area contributed by atoms with Crippen LogP contribution in [0.1, 0.15) is 16.0 Å². The topological polar surface area (TPSA) is 87.2 Å². The summed E-state index contributed by atoms with van der Waals surface area (Å²) in [7, 11) is -2.22. The average molecular weight is 321 g/mol. The van der Waals surface area contributed by atoms with Crippen molar-refractivity contribution >= 4 is 27.0 Å². The fourth-order valence-corrected chi connectivity index (χ4v) is 4.18. The highest BCUT2D eigenvalue weighted by atomic mass is 32.2. The van der Waals surface area contributed by atoms with Gasteiger partial charge in [0.25, 0.3) is 0 Å². The maximum Gasteiger partial charge on any atom is 0.244 e. The number of anilines is 1. The molecule has 0 aliphatic rings. The van der Waals surface area contributed by atoms with Gasteiger partial charge in [0.15, 0.2) is 0 Å². The summed E-state index contributed by atoms with van der Waals surface area (Å²) in [5.41, 5.74) is 7.07. The molecule has 2 rings (SSSR count). The molecule has 0 saturated carbocycles. The van der Waals surface area contributed by atoms with Crippen LogP contribution in [-0.4, -0.2) is 19.8 Å². The van der Waals surface area contributed by atoms with Gasteiger partial charge in [-0.3, -0.25) is 0 Å². The molecule has 0 aliphatic carbocycles. The minimum Gasteiger partial charge on any atom is -0.399 e. The van der Waals surface area contributed by atoms with Gasteiger partial charge in [0.2, 0.25) is 10.0 Å². The molecule has 0 saturated heterocycles. The summed E-state index contributed by atoms with van der Waals surface area (Å²) in [4.78, 5) is 0.964. The van der Waals surface area contributed by atoms with E-state index >= 15 is 0 Å². The lowest BCUT2D eigenvalue weighted by atomic mass is 10.2. The highest BCUT2D eigenvalue weighted by Gasteiger charge is 2.25. The third kappa shape index (κ3) is 3.08. The van der Waals surface area contributed by atoms with Crippen molar-refractivity contribution in [1.29, 1.82) is 5.26 Å². The molecule has 0 unspecified atom stereocenters. The second-order valence-electron chi connectivity index (χ2n) is 4.66. The van der Waals surface area contributed by atoms with Gasteiger partial charge in [-0.05, 0) is 42.1 Å². The summed E-state index contributed by atoms with van der Waals surface area (Å²) in [6.45, 7) is 2.22. The minimum atomic E-state index is -3.73. The zero-order chi connectivity index (χ0) is 15.6. The molecule has 0 radical (unpaired) electrons. The van der Waals surface area contributed by atoms with E-state index in [4.69, 9.17) is 11.0 Å². The van der Waals surface area contributed by atoms with Crippen LogP contribution in [0.15, 0.2) is 34.5 Å². The Hall–Kier alpha value is -1.88. The lowest BCUT2D eigenvalue weighted by Gasteiger charge is -2.18. The molecule has 1 aromatic heterocycles. The fraction of sp³-hybridized carbons (Fsp3) is 0.214. The van der Waals surface area contributed by atoms with E-state index in [1.54, 1.807) is 0 Å². The van der Waals surface area contributed by atoms with Crippen LogP contribution in [0.5, 0.6) is 0 Å². The van der Waals surface area contributed by atoms with E-state index < -0.39 is 10.0 Å². The monoisotopic (exact) mass is 321 g/mol. The van der Waals surface area contributed by atoms with Gasteiger partial charge in [-0.1, -0.05) is 0 Å². The number of hydrogen-bond donors (Lipinski definition) is 1. The number of sulfonamides is 1. The number of rotatable bonds is 4. The van der Waals surface area contributed by atoms with Gasteiger partial charge in [0, 0.05) is 24.2 Å². The first-order chi connectivity index (χ1) is 9.86. The molecule has 2 aromatic rings. The zero-order valence-electron chi connectivity index (χ0n) is 11.7. The maximum absolute atomic E-state index is 12.6. The lowest BCUT2D eigenvalue weighted by Crippen LogP contribution is -2.27. The first kappa shape index (κ1) is 15.5. The van der Waals surface area contributed by atoms with Crippen molar-refractivity contribution in [3.8, 4) is 6.07 Å². The van der Waals surface area contributed by atoms with E-state index in [-0.39, 0.29) is 17.0 Å². The van der Waals surface area contributed by atoms with Gasteiger partial charge in [-0.25, -0.2) is 8.42 Å². The van der Waals surface area contributed by atoms with E-state index in [0.29, 0.717) is 5.69 Å². The van der Waals surface area contributed by atoms with E-state index in [9.17, 15) is 8.42 Å². The molecule has 0 aliphatic heterocycles. The molecule has 1 heterocycles. The highest BCUT2D eigenvalue weighted by Crippen LogP contribution is 2.24. The maximum atomic E-state index is 12.6. The quantitative estimate of drug-likeness (QED) is 0.876. The number of thiophene rings is 1. The summed E-state index contributed by atoms with van der Waals surface area (Å²) < 4.78 is 26.4. The normalized spacial score (nSPS) is 11.5. The molecule has 110 valence electrons. The molecular formula is C14H15N3O2S2. The number of nitrogens with zero attached hydrogens (tertiary/aromatic N) is 2. The molecule has 1 aromatic carbocycles. The molecule has 0 bridgehead atoms. The van der Waals surface area contributed by atoms with E-state index in [1.165, 1.54) is 40.9 Å². The minimum absolute atomic E-state index is 0.0177. The van der Waals surface area contributed by atoms with Crippen LogP contribution in [0, 0.1) is 18.3 Å². The largest absolute Gasteiger partial charge is 0.399 e. The van der Waals surface area contributed by atoms with E-state index in [2.05, 4.69) is 0 Å². The van der Waals surface area contributed by atoms with E-state index in [1.807, 2.05) is 24.4 Å². The summed E-state index contributed by atoms with van der Waals surface area (Å²) in [6, 6.07) is 8.07. The third-order valence-electron chi connectivity index (χ3n) is 3.15. The molecule has 2 N–H and O–H groups in total. The van der Waals surface area contributed by atoms with Crippen LogP contribution < -0.4 is 5.73 Å². The van der Waals surface area contributed by atoms with Gasteiger partial charge >= 0.3 is 0 Å². The summed E-state index contributed by atoms with van der Waals surface area (Å²) in [6.07, 6.45) is 0. The molecule has 21 heavy (non-hydrogen) atoms. The number of nitrogen functional groups attached to an aromatic ring is 1. The Morgan fingerprint density at radius 1 is 1.38 bits per heavy atom. The standard InChI is InChI=1S/C14H15N3O2S2/c1-10-5-6-20-13(10)9-17(2)21(18,19)14-4-3-12(16)7-11(14)8-15/h3-7H,9,16H2,1-2H3. The first-order valence-electron chi connectivity index (χ1n) is 6.15. The summed E-state index contributed by atoms with van der Waals surface area (Å²) >= 11 is 1.51. The van der Waals surface area contributed by atoms with Crippen LogP contribution in [0.2, 0.25) is 0 Å². The SMILES string of the molecule is Cc1ccsc1CN(C)S(=O)(=O)c1ccc(N)cc1C#N. The van der Waals surface area contributed by atoms with Gasteiger partial charge < -0.3 is 5.73 Å². The fourth-order valence-electron chi connectivity index (χ4n) is 1.88. The van der Waals surface area contributed by atoms with Crippen molar-refractivity contribution in [2.75, 3.05) is 12.8 Å². The number of hydrogen-bond acceptors (Lipinski definition) is 5. The summed E-state index contributed by atoms with van der Waals surface area (Å²) in [5, 5.41) is 11.0. The summed E-state index contributed by atoms with van der Waals surface area (Å²) in [5.74, 6) is 0. The van der Waals surface area contributed by atoms with Crippen molar-refractivity contribution in [2.45, 2.75) is 18.4 Å². The first-order valence-corrected chi connectivity index (χ1v) is 8.47. The predicted octanol–water partition coefficient (Wildman–Crippen LogP) is 2.33. The second kappa shape index (κ2) is 5.85. The van der Waals surface area contributed by atoms with Crippen molar-refractivity contribution in [1.82, 2.24) is 4.31 Å². The van der Waals surface area contributed by atoms with Crippen molar-refractivity contribution in [2.24, 2.45) is 0 Å². The average Bonchev–Trinajstić information content (AvgIpc) is 2.83. The van der Waals surface area contributed by atoms with Gasteiger partial charge in [0.05, 0.1) is 5.56 Å². The third-order valence-corrected chi connectivity index (χ3v) is 6.02. The Labute approximate surface area is 128 Å². The Bertz CT molecular complexity index is 804. The molecule has 0 fully saturated rings. The zero-order valence-corrected chi connectivity index (χ0v) is 13.3. The van der Waals surface area contributed by atoms with Crippen LogP contribution in [0.4, 0.5) is 5.69 Å². The van der Waals surface area contributed by atoms with Crippen molar-refractivity contribution in [3.05, 3.63) is 45.6 Å². The molecule has 0 spiro atoms. The Kier molecular flexibility index (Phi) is 4.32. The second-order valence-corrected chi connectivity index (χ2v) is 7.67. The molecule has 7 heteroatoms. The smallest absolute Gasteiger partial charge is 0.244 e. The van der Waals surface area contributed by atoms with Crippen molar-refractivity contribution in [3.63, 3.8) is 0 Å². The molecule has 5 nitrogen and oxygen atoms in total. The van der Waals surface area contributed by atoms with Gasteiger partial charge in [0.1, 0.15) is 11.0 Å². The number of nitrogens with two attached hydrogens (primary N) is 1. The number of nitriles is 1. The van der Waals surface area contributed by atoms with Crippen molar-refractivity contribution < 1.29 is 8.42 Å². The Morgan fingerprint density at radius 2 is 2.10 bits per heavy atom. The predicted molar refractivity (Wildman–Crippen MR) is 83.3 cm³/mol. The number of benzene rings is 1. The van der Waals surface area contributed by atoms with Crippen LogP contribution in [0.25, 0.3) is 0 Å². The Balaban J connectivity index is 2.38. The molecular weight excluding hydrogens is 306 g/mol. The van der Waals surface area contributed by atoms with E-state index in [0.717, 1.165) is 10.4 Å². The highest BCUT2D eigenvalue weighted by molar-refractivity contribution is 7.89.